The molecule has 1 aliphatic heterocycles. The number of benzene rings is 2. The summed E-state index contributed by atoms with van der Waals surface area (Å²) in [6, 6.07) is 15.9. The van der Waals surface area contributed by atoms with Crippen LogP contribution in [-0.4, -0.2) is 17.6 Å². The summed E-state index contributed by atoms with van der Waals surface area (Å²) in [7, 11) is 0. The molecule has 1 atom stereocenters. The van der Waals surface area contributed by atoms with Crippen molar-refractivity contribution in [2.75, 3.05) is 16.0 Å². The van der Waals surface area contributed by atoms with Crippen molar-refractivity contribution in [2.24, 2.45) is 5.92 Å². The minimum absolute atomic E-state index is 0.00155. The quantitative estimate of drug-likeness (QED) is 0.838. The lowest BCUT2D eigenvalue weighted by Crippen LogP contribution is -2.28. The van der Waals surface area contributed by atoms with Gasteiger partial charge in [0.1, 0.15) is 5.37 Å². The van der Waals surface area contributed by atoms with Crippen molar-refractivity contribution < 1.29 is 9.59 Å². The van der Waals surface area contributed by atoms with Crippen LogP contribution in [0.4, 0.5) is 11.4 Å². The monoisotopic (exact) mass is 368 g/mol. The average molecular weight is 369 g/mol. The molecule has 5 heteroatoms. The van der Waals surface area contributed by atoms with Gasteiger partial charge >= 0.3 is 0 Å². The second-order valence-corrected chi connectivity index (χ2v) is 7.74. The molecular weight excluding hydrogens is 344 g/mol. The maximum Gasteiger partial charge on any atom is 0.238 e. The van der Waals surface area contributed by atoms with Gasteiger partial charge < -0.3 is 5.32 Å². The number of carbonyl (C=O) groups is 2. The third-order valence-electron chi connectivity index (χ3n) is 4.49. The van der Waals surface area contributed by atoms with Crippen LogP contribution in [0.1, 0.15) is 37.3 Å². The van der Waals surface area contributed by atoms with E-state index < -0.39 is 0 Å². The van der Waals surface area contributed by atoms with Gasteiger partial charge in [-0.1, -0.05) is 51.1 Å². The van der Waals surface area contributed by atoms with Gasteiger partial charge in [0.25, 0.3) is 0 Å². The van der Waals surface area contributed by atoms with E-state index in [1.807, 2.05) is 61.2 Å². The van der Waals surface area contributed by atoms with E-state index in [2.05, 4.69) is 18.3 Å². The minimum Gasteiger partial charge on any atom is -0.326 e. The topological polar surface area (TPSA) is 49.4 Å². The van der Waals surface area contributed by atoms with Crippen LogP contribution in [0.25, 0.3) is 0 Å². The molecule has 1 fully saturated rings. The van der Waals surface area contributed by atoms with Gasteiger partial charge in [-0.05, 0) is 35.7 Å². The first-order valence-electron chi connectivity index (χ1n) is 8.93. The van der Waals surface area contributed by atoms with Crippen molar-refractivity contribution in [1.82, 2.24) is 0 Å². The fourth-order valence-corrected chi connectivity index (χ4v) is 4.16. The van der Waals surface area contributed by atoms with Crippen molar-refractivity contribution in [3.05, 3.63) is 59.7 Å². The smallest absolute Gasteiger partial charge is 0.238 e. The maximum absolute atomic E-state index is 12.6. The van der Waals surface area contributed by atoms with Gasteiger partial charge in [0.2, 0.25) is 11.8 Å². The summed E-state index contributed by atoms with van der Waals surface area (Å²) in [4.78, 5) is 26.3. The number of thioether (sulfide) groups is 1. The number of amides is 2. The van der Waals surface area contributed by atoms with Gasteiger partial charge in [-0.15, -0.1) is 11.8 Å². The van der Waals surface area contributed by atoms with E-state index in [1.54, 1.807) is 11.8 Å². The Labute approximate surface area is 159 Å². The normalized spacial score (nSPS) is 17.0. The number of hydrogen-bond donors (Lipinski definition) is 1. The Hall–Kier alpha value is -2.27. The van der Waals surface area contributed by atoms with Gasteiger partial charge in [-0.25, -0.2) is 0 Å². The lowest BCUT2D eigenvalue weighted by atomic mass is 10.1. The summed E-state index contributed by atoms with van der Waals surface area (Å²) in [5, 5.41) is 2.87. The number of para-hydroxylation sites is 1. The van der Waals surface area contributed by atoms with Crippen molar-refractivity contribution >= 4 is 35.0 Å². The molecule has 136 valence electrons. The highest BCUT2D eigenvalue weighted by atomic mass is 32.2. The van der Waals surface area contributed by atoms with Crippen LogP contribution >= 0.6 is 11.8 Å². The summed E-state index contributed by atoms with van der Waals surface area (Å²) >= 11 is 1.64. The van der Waals surface area contributed by atoms with Crippen LogP contribution in [-0.2, 0) is 16.0 Å². The van der Waals surface area contributed by atoms with E-state index in [-0.39, 0.29) is 23.1 Å². The zero-order valence-corrected chi connectivity index (χ0v) is 16.2. The second-order valence-electron chi connectivity index (χ2n) is 6.68. The number of hydrogen-bond acceptors (Lipinski definition) is 3. The second kappa shape index (κ2) is 7.96. The van der Waals surface area contributed by atoms with Crippen LogP contribution < -0.4 is 10.2 Å². The molecule has 2 aromatic rings. The fraction of sp³-hybridized carbons (Fsp3) is 0.333. The predicted molar refractivity (Wildman–Crippen MR) is 108 cm³/mol. The van der Waals surface area contributed by atoms with Crippen LogP contribution in [0.15, 0.2) is 48.5 Å². The van der Waals surface area contributed by atoms with Gasteiger partial charge in [-0.3, -0.25) is 14.5 Å². The van der Waals surface area contributed by atoms with Crippen LogP contribution in [0.5, 0.6) is 0 Å². The molecule has 3 rings (SSSR count). The maximum atomic E-state index is 12.6. The molecule has 0 aromatic heterocycles. The van der Waals surface area contributed by atoms with E-state index in [9.17, 15) is 9.59 Å². The highest BCUT2D eigenvalue weighted by Gasteiger charge is 2.34. The van der Waals surface area contributed by atoms with Crippen LogP contribution in [0.2, 0.25) is 0 Å². The Kier molecular flexibility index (Phi) is 5.67. The Bertz CT molecular complexity index is 802. The molecule has 1 saturated heterocycles. The lowest BCUT2D eigenvalue weighted by molar-refractivity contribution is -0.119. The molecule has 0 spiro atoms. The summed E-state index contributed by atoms with van der Waals surface area (Å²) < 4.78 is 0. The molecule has 0 aliphatic carbocycles. The number of anilines is 2. The largest absolute Gasteiger partial charge is 0.326 e. The van der Waals surface area contributed by atoms with Gasteiger partial charge in [-0.2, -0.15) is 0 Å². The van der Waals surface area contributed by atoms with Crippen molar-refractivity contribution in [2.45, 2.75) is 32.6 Å². The number of aryl methyl sites for hydroxylation is 1. The molecule has 2 amide bonds. The fourth-order valence-electron chi connectivity index (χ4n) is 2.99. The molecule has 2 aromatic carbocycles. The van der Waals surface area contributed by atoms with Gasteiger partial charge in [0.15, 0.2) is 0 Å². The molecule has 1 aliphatic rings. The Balaban J connectivity index is 1.86. The van der Waals surface area contributed by atoms with E-state index in [0.29, 0.717) is 5.75 Å². The van der Waals surface area contributed by atoms with E-state index in [0.717, 1.165) is 23.4 Å². The Morgan fingerprint density at radius 1 is 1.19 bits per heavy atom. The number of nitrogens with zero attached hydrogens (tertiary/aromatic N) is 1. The van der Waals surface area contributed by atoms with Crippen molar-refractivity contribution in [3.63, 3.8) is 0 Å². The number of carbonyl (C=O) groups excluding carboxylic acids is 2. The van der Waals surface area contributed by atoms with E-state index in [4.69, 9.17) is 0 Å². The first kappa shape index (κ1) is 18.5. The van der Waals surface area contributed by atoms with Gasteiger partial charge in [0.05, 0.1) is 5.75 Å². The van der Waals surface area contributed by atoms with Gasteiger partial charge in [0, 0.05) is 17.3 Å². The molecule has 1 N–H and O–H groups in total. The first-order valence-corrected chi connectivity index (χ1v) is 9.98. The molecule has 1 heterocycles. The minimum atomic E-state index is -0.0567. The standard InChI is InChI=1S/C21H24N2O2S/c1-4-15-7-5-6-8-18(15)23-19(24)13-26-21(23)16-9-11-17(12-10-16)22-20(25)14(2)3/h5-12,14,21H,4,13H2,1-3H3,(H,22,25). The van der Waals surface area contributed by atoms with E-state index in [1.165, 1.54) is 5.56 Å². The predicted octanol–water partition coefficient (Wildman–Crippen LogP) is 4.62. The highest BCUT2D eigenvalue weighted by Crippen LogP contribution is 2.43. The molecule has 0 saturated carbocycles. The number of nitrogens with one attached hydrogen (secondary N) is 1. The molecule has 0 radical (unpaired) electrons. The first-order chi connectivity index (χ1) is 12.5. The third kappa shape index (κ3) is 3.78. The van der Waals surface area contributed by atoms with E-state index >= 15 is 0 Å². The zero-order chi connectivity index (χ0) is 18.7. The zero-order valence-electron chi connectivity index (χ0n) is 15.4. The lowest BCUT2D eigenvalue weighted by Gasteiger charge is -2.26. The summed E-state index contributed by atoms with van der Waals surface area (Å²) in [5.41, 5.74) is 4.01. The Morgan fingerprint density at radius 3 is 2.54 bits per heavy atom. The molecule has 26 heavy (non-hydrogen) atoms. The summed E-state index contributed by atoms with van der Waals surface area (Å²) in [6.45, 7) is 5.84. The van der Waals surface area contributed by atoms with Crippen LogP contribution in [0.3, 0.4) is 0 Å². The van der Waals surface area contributed by atoms with Crippen LogP contribution in [0, 0.1) is 5.92 Å². The highest BCUT2D eigenvalue weighted by molar-refractivity contribution is 8.00. The molecule has 0 bridgehead atoms. The van der Waals surface area contributed by atoms with Crippen molar-refractivity contribution in [3.8, 4) is 0 Å². The summed E-state index contributed by atoms with van der Waals surface area (Å²) in [5.74, 6) is 0.563. The SMILES string of the molecule is CCc1ccccc1N1C(=O)CSC1c1ccc(NC(=O)C(C)C)cc1. The molecule has 4 nitrogen and oxygen atoms in total. The molecule has 1 unspecified atom stereocenters. The Morgan fingerprint density at radius 2 is 1.88 bits per heavy atom. The third-order valence-corrected chi connectivity index (χ3v) is 5.70. The number of rotatable bonds is 5. The average Bonchev–Trinajstić information content (AvgIpc) is 3.03. The van der Waals surface area contributed by atoms with Crippen molar-refractivity contribution in [1.29, 1.82) is 0 Å². The molecular formula is C21H24N2O2S. The summed E-state index contributed by atoms with van der Waals surface area (Å²) in [6.07, 6.45) is 0.886.